The van der Waals surface area contributed by atoms with E-state index in [-0.39, 0.29) is 5.41 Å². The zero-order valence-corrected chi connectivity index (χ0v) is 14.0. The third-order valence-electron chi connectivity index (χ3n) is 5.13. The second-order valence-corrected chi connectivity index (χ2v) is 7.28. The van der Waals surface area contributed by atoms with E-state index in [1.54, 1.807) is 0 Å². The first-order chi connectivity index (χ1) is 11.2. The first-order valence-electron chi connectivity index (χ1n) is 8.63. The monoisotopic (exact) mass is 306 g/mol. The Morgan fingerprint density at radius 1 is 1.00 bits per heavy atom. The first kappa shape index (κ1) is 14.5. The SMILES string of the molecule is CC1(C)CC=C(N2CCCC2)c2c(-c3ccccc3)cc[o+]c21. The topological polar surface area (TPSA) is 14.5 Å². The number of nitrogens with zero attached hydrogens (tertiary/aromatic N) is 1. The summed E-state index contributed by atoms with van der Waals surface area (Å²) in [5, 5.41) is 0. The molecule has 1 fully saturated rings. The standard InChI is InChI=1S/C21H24NO/c1-21(2)12-10-18(22-13-6-7-14-22)19-17(11-15-23-20(19)21)16-8-4-3-5-9-16/h3-5,8-11,15H,6-7,12-14H2,1-2H3/q+1. The fourth-order valence-electron chi connectivity index (χ4n) is 3.84. The Hall–Kier alpha value is -2.09. The van der Waals surface area contributed by atoms with Gasteiger partial charge < -0.3 is 4.90 Å². The van der Waals surface area contributed by atoms with Crippen molar-refractivity contribution in [3.05, 3.63) is 60.1 Å². The molecule has 0 unspecified atom stereocenters. The lowest BCUT2D eigenvalue weighted by atomic mass is 9.77. The number of benzene rings is 1. The van der Waals surface area contributed by atoms with Crippen LogP contribution >= 0.6 is 0 Å². The minimum Gasteiger partial charge on any atom is -0.371 e. The highest BCUT2D eigenvalue weighted by atomic mass is 16.3. The third kappa shape index (κ3) is 2.46. The summed E-state index contributed by atoms with van der Waals surface area (Å²) in [5.41, 5.74) is 5.28. The predicted octanol–water partition coefficient (Wildman–Crippen LogP) is 5.35. The number of likely N-dealkylation sites (tertiary alicyclic amines) is 1. The molecule has 0 spiro atoms. The van der Waals surface area contributed by atoms with E-state index in [0.29, 0.717) is 0 Å². The quantitative estimate of drug-likeness (QED) is 0.695. The molecule has 2 nitrogen and oxygen atoms in total. The van der Waals surface area contributed by atoms with E-state index in [1.165, 1.54) is 35.2 Å². The lowest BCUT2D eigenvalue weighted by Crippen LogP contribution is -2.28. The Kier molecular flexibility index (Phi) is 3.48. The van der Waals surface area contributed by atoms with Crippen LogP contribution in [0.4, 0.5) is 0 Å². The molecule has 0 saturated carbocycles. The molecule has 0 N–H and O–H groups in total. The summed E-state index contributed by atoms with van der Waals surface area (Å²) >= 11 is 0. The van der Waals surface area contributed by atoms with E-state index in [0.717, 1.165) is 25.3 Å². The molecule has 2 heteroatoms. The molecule has 1 aromatic carbocycles. The maximum Gasteiger partial charge on any atom is 0.344 e. The van der Waals surface area contributed by atoms with Gasteiger partial charge in [-0.3, -0.25) is 0 Å². The molecule has 118 valence electrons. The second kappa shape index (κ2) is 5.52. The lowest BCUT2D eigenvalue weighted by molar-refractivity contribution is 0.361. The smallest absolute Gasteiger partial charge is 0.344 e. The van der Waals surface area contributed by atoms with Crippen LogP contribution in [-0.2, 0) is 5.41 Å². The van der Waals surface area contributed by atoms with Gasteiger partial charge >= 0.3 is 12.0 Å². The summed E-state index contributed by atoms with van der Waals surface area (Å²) in [6.07, 6.45) is 7.90. The molecule has 0 radical (unpaired) electrons. The molecular weight excluding hydrogens is 282 g/mol. The van der Waals surface area contributed by atoms with Crippen molar-refractivity contribution in [2.75, 3.05) is 13.1 Å². The van der Waals surface area contributed by atoms with Crippen LogP contribution < -0.4 is 0 Å². The molecule has 1 aliphatic heterocycles. The molecule has 0 atom stereocenters. The Bertz CT molecular complexity index is 740. The number of fused-ring (bicyclic) bond motifs is 1. The highest BCUT2D eigenvalue weighted by Gasteiger charge is 2.41. The summed E-state index contributed by atoms with van der Waals surface area (Å²) in [6, 6.07) is 12.8. The number of allylic oxidation sites excluding steroid dienone is 1. The molecule has 1 aromatic heterocycles. The average molecular weight is 306 g/mol. The summed E-state index contributed by atoms with van der Waals surface area (Å²) < 4.78 is 6.05. The molecular formula is C21H24NO+. The maximum absolute atomic E-state index is 6.05. The Morgan fingerprint density at radius 3 is 2.48 bits per heavy atom. The minimum absolute atomic E-state index is 0.0450. The van der Waals surface area contributed by atoms with Crippen LogP contribution in [0.2, 0.25) is 0 Å². The van der Waals surface area contributed by atoms with Crippen molar-refractivity contribution in [2.24, 2.45) is 0 Å². The van der Waals surface area contributed by atoms with Gasteiger partial charge in [0.2, 0.25) is 0 Å². The van der Waals surface area contributed by atoms with Gasteiger partial charge in [0.15, 0.2) is 0 Å². The lowest BCUT2D eigenvalue weighted by Gasteiger charge is -2.30. The number of hydrogen-bond donors (Lipinski definition) is 0. The fraction of sp³-hybridized carbons (Fsp3) is 0.381. The van der Waals surface area contributed by atoms with Crippen molar-refractivity contribution < 1.29 is 4.42 Å². The van der Waals surface area contributed by atoms with E-state index in [4.69, 9.17) is 4.42 Å². The van der Waals surface area contributed by atoms with Gasteiger partial charge in [0, 0.05) is 30.4 Å². The second-order valence-electron chi connectivity index (χ2n) is 7.28. The predicted molar refractivity (Wildman–Crippen MR) is 95.0 cm³/mol. The highest BCUT2D eigenvalue weighted by Crippen LogP contribution is 2.44. The van der Waals surface area contributed by atoms with Gasteiger partial charge in [-0.2, -0.15) is 0 Å². The molecule has 0 amide bonds. The molecule has 0 bridgehead atoms. The molecule has 2 heterocycles. The van der Waals surface area contributed by atoms with Gasteiger partial charge in [-0.1, -0.05) is 36.4 Å². The summed E-state index contributed by atoms with van der Waals surface area (Å²) in [7, 11) is 0. The molecule has 4 rings (SSSR count). The van der Waals surface area contributed by atoms with Gasteiger partial charge in [0.25, 0.3) is 0 Å². The molecule has 2 aromatic rings. The fourth-order valence-corrected chi connectivity index (χ4v) is 3.84. The number of rotatable bonds is 2. The zero-order valence-electron chi connectivity index (χ0n) is 14.0. The van der Waals surface area contributed by atoms with Crippen molar-refractivity contribution in [3.8, 4) is 11.1 Å². The van der Waals surface area contributed by atoms with Crippen LogP contribution in [0, 0.1) is 0 Å². The third-order valence-corrected chi connectivity index (χ3v) is 5.13. The largest absolute Gasteiger partial charge is 0.371 e. The molecule has 2 aliphatic rings. The van der Waals surface area contributed by atoms with Gasteiger partial charge in [-0.25, -0.2) is 4.42 Å². The van der Waals surface area contributed by atoms with Crippen molar-refractivity contribution in [1.29, 1.82) is 0 Å². The van der Waals surface area contributed by atoms with Crippen molar-refractivity contribution in [2.45, 2.75) is 38.5 Å². The van der Waals surface area contributed by atoms with Crippen LogP contribution in [0.3, 0.4) is 0 Å². The van der Waals surface area contributed by atoms with E-state index >= 15 is 0 Å². The van der Waals surface area contributed by atoms with Crippen LogP contribution in [0.25, 0.3) is 16.8 Å². The van der Waals surface area contributed by atoms with Gasteiger partial charge in [-0.15, -0.1) is 0 Å². The Morgan fingerprint density at radius 2 is 1.74 bits per heavy atom. The van der Waals surface area contributed by atoms with E-state index in [1.807, 2.05) is 6.26 Å². The van der Waals surface area contributed by atoms with E-state index in [2.05, 4.69) is 61.2 Å². The highest BCUT2D eigenvalue weighted by molar-refractivity contribution is 5.83. The summed E-state index contributed by atoms with van der Waals surface area (Å²) in [6.45, 7) is 6.88. The number of hydrogen-bond acceptors (Lipinski definition) is 1. The molecule has 1 aliphatic carbocycles. The van der Waals surface area contributed by atoms with Crippen LogP contribution in [0.15, 0.2) is 53.2 Å². The summed E-state index contributed by atoms with van der Waals surface area (Å²) in [4.78, 5) is 2.54. The normalized spacial score (nSPS) is 19.4. The maximum atomic E-state index is 6.05. The van der Waals surface area contributed by atoms with Crippen molar-refractivity contribution in [1.82, 2.24) is 4.90 Å². The van der Waals surface area contributed by atoms with Crippen LogP contribution in [0.5, 0.6) is 0 Å². The van der Waals surface area contributed by atoms with Gasteiger partial charge in [-0.05, 0) is 38.7 Å². The minimum atomic E-state index is 0.0450. The van der Waals surface area contributed by atoms with Crippen LogP contribution in [-0.4, -0.2) is 18.0 Å². The molecule has 23 heavy (non-hydrogen) atoms. The summed E-state index contributed by atoms with van der Waals surface area (Å²) in [5.74, 6) is 1.13. The van der Waals surface area contributed by atoms with Gasteiger partial charge in [0.1, 0.15) is 5.56 Å². The van der Waals surface area contributed by atoms with Crippen molar-refractivity contribution in [3.63, 3.8) is 0 Å². The first-order valence-corrected chi connectivity index (χ1v) is 8.63. The van der Waals surface area contributed by atoms with E-state index < -0.39 is 0 Å². The average Bonchev–Trinajstić information content (AvgIpc) is 3.10. The Labute approximate surface area is 138 Å². The van der Waals surface area contributed by atoms with Crippen molar-refractivity contribution >= 4 is 5.70 Å². The van der Waals surface area contributed by atoms with Gasteiger partial charge in [0.05, 0.1) is 5.41 Å². The molecule has 1 saturated heterocycles. The van der Waals surface area contributed by atoms with E-state index in [9.17, 15) is 0 Å². The zero-order chi connectivity index (χ0) is 15.9. The Balaban J connectivity index is 1.93. The van der Waals surface area contributed by atoms with Crippen LogP contribution in [0.1, 0.15) is 44.4 Å².